The molecular formula is C18H13ClN6O2. The van der Waals surface area contributed by atoms with Gasteiger partial charge in [0.05, 0.1) is 17.5 Å². The van der Waals surface area contributed by atoms with Gasteiger partial charge < -0.3 is 10.4 Å². The van der Waals surface area contributed by atoms with Gasteiger partial charge in [-0.1, -0.05) is 24.3 Å². The molecular weight excluding hydrogens is 368 g/mol. The number of hydrogen-bond donors (Lipinski definition) is 2. The number of imidazole rings is 1. The Balaban J connectivity index is 1.67. The summed E-state index contributed by atoms with van der Waals surface area (Å²) in [6, 6.07) is 14.5. The molecule has 2 aromatic carbocycles. The third-order valence-corrected chi connectivity index (χ3v) is 4.07. The fraction of sp³-hybridized carbons (Fsp3) is 0.0556. The van der Waals surface area contributed by atoms with Crippen LogP contribution in [0.3, 0.4) is 0 Å². The van der Waals surface area contributed by atoms with Gasteiger partial charge in [0.1, 0.15) is 6.33 Å². The third-order valence-electron chi connectivity index (χ3n) is 3.82. The zero-order valence-electron chi connectivity index (χ0n) is 13.9. The van der Waals surface area contributed by atoms with Gasteiger partial charge in [-0.2, -0.15) is 4.98 Å². The highest BCUT2D eigenvalue weighted by atomic mass is 35.5. The van der Waals surface area contributed by atoms with E-state index < -0.39 is 5.97 Å². The maximum atomic E-state index is 10.9. The summed E-state index contributed by atoms with van der Waals surface area (Å²) in [5, 5.41) is 12.2. The van der Waals surface area contributed by atoms with E-state index in [1.54, 1.807) is 28.8 Å². The molecule has 9 heteroatoms. The molecule has 0 saturated carbocycles. The molecule has 8 nitrogen and oxygen atoms in total. The second-order valence-corrected chi connectivity index (χ2v) is 6.05. The maximum Gasteiger partial charge on any atom is 0.307 e. The molecule has 0 aliphatic heterocycles. The van der Waals surface area contributed by atoms with Gasteiger partial charge in [-0.3, -0.25) is 9.36 Å². The average molecular weight is 381 g/mol. The summed E-state index contributed by atoms with van der Waals surface area (Å²) in [6.07, 6.45) is 1.31. The predicted octanol–water partition coefficient (Wildman–Crippen LogP) is 3.23. The van der Waals surface area contributed by atoms with Crippen LogP contribution in [0.25, 0.3) is 17.0 Å². The van der Waals surface area contributed by atoms with Gasteiger partial charge in [0.25, 0.3) is 0 Å². The van der Waals surface area contributed by atoms with Gasteiger partial charge in [-0.15, -0.1) is 0 Å². The second kappa shape index (κ2) is 7.00. The summed E-state index contributed by atoms with van der Waals surface area (Å²) in [5.74, 6) is -0.259. The van der Waals surface area contributed by atoms with E-state index in [1.165, 1.54) is 6.33 Å². The molecule has 0 saturated heterocycles. The number of carboxylic acid groups (broad SMARTS) is 1. The molecule has 4 aromatic rings. The van der Waals surface area contributed by atoms with Crippen LogP contribution in [-0.2, 0) is 11.2 Å². The first-order valence-electron chi connectivity index (χ1n) is 8.00. The zero-order chi connectivity index (χ0) is 18.8. The molecule has 4 rings (SSSR count). The Kier molecular flexibility index (Phi) is 4.39. The molecule has 0 amide bonds. The van der Waals surface area contributed by atoms with E-state index in [9.17, 15) is 4.79 Å². The second-order valence-electron chi connectivity index (χ2n) is 5.71. The van der Waals surface area contributed by atoms with Crippen molar-refractivity contribution in [3.63, 3.8) is 0 Å². The molecule has 27 heavy (non-hydrogen) atoms. The van der Waals surface area contributed by atoms with Crippen molar-refractivity contribution in [2.75, 3.05) is 5.32 Å². The quantitative estimate of drug-likeness (QED) is 0.547. The van der Waals surface area contributed by atoms with E-state index in [1.807, 2.05) is 24.3 Å². The number of para-hydroxylation sites is 2. The highest BCUT2D eigenvalue weighted by molar-refractivity contribution is 6.29. The lowest BCUT2D eigenvalue weighted by atomic mass is 10.1. The van der Waals surface area contributed by atoms with Gasteiger partial charge in [0.15, 0.2) is 0 Å². The zero-order valence-corrected chi connectivity index (χ0v) is 14.6. The number of aromatic nitrogens is 5. The molecule has 0 aliphatic rings. The van der Waals surface area contributed by atoms with Gasteiger partial charge in [-0.25, -0.2) is 15.0 Å². The number of carboxylic acids is 1. The molecule has 2 aromatic heterocycles. The van der Waals surface area contributed by atoms with Gasteiger partial charge in [0, 0.05) is 5.69 Å². The van der Waals surface area contributed by atoms with E-state index in [-0.39, 0.29) is 11.7 Å². The predicted molar refractivity (Wildman–Crippen MR) is 101 cm³/mol. The highest BCUT2D eigenvalue weighted by Crippen LogP contribution is 2.23. The number of nitrogens with one attached hydrogen (secondary N) is 1. The largest absolute Gasteiger partial charge is 0.481 e. The number of fused-ring (bicyclic) bond motifs is 1. The van der Waals surface area contributed by atoms with Crippen molar-refractivity contribution in [1.82, 2.24) is 24.5 Å². The van der Waals surface area contributed by atoms with Crippen LogP contribution in [0.5, 0.6) is 0 Å². The summed E-state index contributed by atoms with van der Waals surface area (Å²) in [6.45, 7) is 0. The van der Waals surface area contributed by atoms with Crippen molar-refractivity contribution < 1.29 is 9.90 Å². The number of carbonyl (C=O) groups is 1. The van der Waals surface area contributed by atoms with Crippen molar-refractivity contribution in [3.8, 4) is 5.95 Å². The van der Waals surface area contributed by atoms with Crippen molar-refractivity contribution in [3.05, 3.63) is 65.7 Å². The van der Waals surface area contributed by atoms with Gasteiger partial charge in [0.2, 0.25) is 17.2 Å². The minimum absolute atomic E-state index is 0.0609. The summed E-state index contributed by atoms with van der Waals surface area (Å²) in [7, 11) is 0. The van der Waals surface area contributed by atoms with Crippen molar-refractivity contribution in [2.24, 2.45) is 0 Å². The fourth-order valence-electron chi connectivity index (χ4n) is 2.71. The van der Waals surface area contributed by atoms with E-state index in [2.05, 4.69) is 25.3 Å². The van der Waals surface area contributed by atoms with Crippen molar-refractivity contribution in [1.29, 1.82) is 0 Å². The van der Waals surface area contributed by atoms with E-state index >= 15 is 0 Å². The monoisotopic (exact) mass is 380 g/mol. The Bertz CT molecular complexity index is 1140. The number of aliphatic carboxylic acids is 1. The maximum absolute atomic E-state index is 10.9. The minimum atomic E-state index is -0.892. The van der Waals surface area contributed by atoms with Crippen LogP contribution in [-0.4, -0.2) is 35.6 Å². The number of anilines is 2. The summed E-state index contributed by atoms with van der Waals surface area (Å²) in [4.78, 5) is 27.9. The molecule has 0 aliphatic carbocycles. The lowest BCUT2D eigenvalue weighted by molar-refractivity contribution is -0.136. The Labute approximate surface area is 158 Å². The molecule has 0 radical (unpaired) electrons. The van der Waals surface area contributed by atoms with Gasteiger partial charge in [-0.05, 0) is 41.4 Å². The van der Waals surface area contributed by atoms with Crippen LogP contribution in [0.1, 0.15) is 5.56 Å². The molecule has 0 spiro atoms. The number of benzene rings is 2. The number of rotatable bonds is 5. The first-order chi connectivity index (χ1) is 13.1. The Hall–Kier alpha value is -3.52. The van der Waals surface area contributed by atoms with Crippen LogP contribution in [0.2, 0.25) is 5.28 Å². The minimum Gasteiger partial charge on any atom is -0.481 e. The topological polar surface area (TPSA) is 106 Å². The summed E-state index contributed by atoms with van der Waals surface area (Å²) < 4.78 is 1.63. The van der Waals surface area contributed by atoms with Crippen molar-refractivity contribution in [2.45, 2.75) is 6.42 Å². The molecule has 134 valence electrons. The Morgan fingerprint density at radius 1 is 1.11 bits per heavy atom. The molecule has 2 N–H and O–H groups in total. The molecule has 0 bridgehead atoms. The van der Waals surface area contributed by atoms with E-state index in [0.717, 1.165) is 11.0 Å². The Morgan fingerprint density at radius 2 is 1.96 bits per heavy atom. The number of hydrogen-bond acceptors (Lipinski definition) is 6. The van der Waals surface area contributed by atoms with Crippen LogP contribution in [0.15, 0.2) is 54.9 Å². The average Bonchev–Trinajstić information content (AvgIpc) is 2.97. The smallest absolute Gasteiger partial charge is 0.307 e. The SMILES string of the molecule is O=C(O)Cc1cccc(Nc2ncnc(-n3c(Cl)nc4ccccc43)n2)c1. The first-order valence-corrected chi connectivity index (χ1v) is 8.38. The fourth-order valence-corrected chi connectivity index (χ4v) is 2.96. The number of nitrogens with zero attached hydrogens (tertiary/aromatic N) is 5. The van der Waals surface area contributed by atoms with Crippen LogP contribution in [0.4, 0.5) is 11.6 Å². The van der Waals surface area contributed by atoms with Gasteiger partial charge >= 0.3 is 5.97 Å². The highest BCUT2D eigenvalue weighted by Gasteiger charge is 2.13. The molecule has 0 unspecified atom stereocenters. The molecule has 0 atom stereocenters. The first kappa shape index (κ1) is 16.9. The summed E-state index contributed by atoms with van der Waals surface area (Å²) >= 11 is 6.26. The normalized spacial score (nSPS) is 10.9. The van der Waals surface area contributed by atoms with Crippen LogP contribution < -0.4 is 5.32 Å². The lowest BCUT2D eigenvalue weighted by Gasteiger charge is -2.08. The van der Waals surface area contributed by atoms with Crippen LogP contribution in [0, 0.1) is 0 Å². The standard InChI is InChI=1S/C18H13ClN6O2/c19-16-23-13-6-1-2-7-14(13)25(16)18-21-10-20-17(24-18)22-12-5-3-4-11(8-12)9-15(26)27/h1-8,10H,9H2,(H,26,27)(H,20,21,22,24). The van der Waals surface area contributed by atoms with Crippen molar-refractivity contribution >= 4 is 40.2 Å². The third kappa shape index (κ3) is 3.56. The summed E-state index contributed by atoms with van der Waals surface area (Å²) in [5.41, 5.74) is 2.86. The molecule has 0 fully saturated rings. The van der Waals surface area contributed by atoms with E-state index in [0.29, 0.717) is 23.1 Å². The molecule has 2 heterocycles. The number of halogens is 1. The lowest BCUT2D eigenvalue weighted by Crippen LogP contribution is -2.06. The van der Waals surface area contributed by atoms with Crippen LogP contribution >= 0.6 is 11.6 Å². The Morgan fingerprint density at radius 3 is 2.81 bits per heavy atom. The van der Waals surface area contributed by atoms with E-state index in [4.69, 9.17) is 16.7 Å².